The SMILES string of the molecule is CCCCCCCCC/C=C\CCCCCCCC(=O)OC(CO)COC(=O)CCCC. The molecule has 32 heavy (non-hydrogen) atoms. The van der Waals surface area contributed by atoms with Crippen molar-refractivity contribution in [2.75, 3.05) is 13.2 Å². The van der Waals surface area contributed by atoms with Gasteiger partial charge in [-0.1, -0.05) is 90.2 Å². The van der Waals surface area contributed by atoms with E-state index in [1.54, 1.807) is 0 Å². The topological polar surface area (TPSA) is 72.8 Å². The molecule has 0 aromatic heterocycles. The van der Waals surface area contributed by atoms with Crippen LogP contribution < -0.4 is 0 Å². The zero-order valence-corrected chi connectivity index (χ0v) is 21.0. The Morgan fingerprint density at radius 1 is 0.688 bits per heavy atom. The third-order valence-electron chi connectivity index (χ3n) is 5.56. The molecule has 0 aromatic rings. The highest BCUT2D eigenvalue weighted by Crippen LogP contribution is 2.11. The number of ether oxygens (including phenoxy) is 2. The minimum atomic E-state index is -0.763. The van der Waals surface area contributed by atoms with Gasteiger partial charge >= 0.3 is 11.9 Å². The molecule has 0 rings (SSSR count). The minimum Gasteiger partial charge on any atom is -0.462 e. The maximum Gasteiger partial charge on any atom is 0.306 e. The molecule has 0 aliphatic heterocycles. The summed E-state index contributed by atoms with van der Waals surface area (Å²) in [4.78, 5) is 23.4. The molecule has 1 N–H and O–H groups in total. The van der Waals surface area contributed by atoms with Gasteiger partial charge in [0.2, 0.25) is 0 Å². The Hall–Kier alpha value is -1.36. The van der Waals surface area contributed by atoms with Gasteiger partial charge in [0.1, 0.15) is 6.61 Å². The van der Waals surface area contributed by atoms with Gasteiger partial charge in [-0.15, -0.1) is 0 Å². The van der Waals surface area contributed by atoms with Crippen LogP contribution in [0, 0.1) is 0 Å². The first kappa shape index (κ1) is 30.6. The van der Waals surface area contributed by atoms with Crippen LogP contribution in [-0.4, -0.2) is 36.4 Å². The molecule has 0 amide bonds. The third kappa shape index (κ3) is 21.9. The molecule has 0 fully saturated rings. The van der Waals surface area contributed by atoms with Crippen molar-refractivity contribution < 1.29 is 24.2 Å². The van der Waals surface area contributed by atoms with Gasteiger partial charge in [0.25, 0.3) is 0 Å². The van der Waals surface area contributed by atoms with Crippen LogP contribution in [0.5, 0.6) is 0 Å². The van der Waals surface area contributed by atoms with Crippen LogP contribution >= 0.6 is 0 Å². The summed E-state index contributed by atoms with van der Waals surface area (Å²) >= 11 is 0. The summed E-state index contributed by atoms with van der Waals surface area (Å²) in [6.45, 7) is 3.85. The number of rotatable bonds is 23. The van der Waals surface area contributed by atoms with Crippen molar-refractivity contribution in [3.8, 4) is 0 Å². The molecule has 0 heterocycles. The number of carbonyl (C=O) groups is 2. The normalized spacial score (nSPS) is 12.2. The lowest BCUT2D eigenvalue weighted by atomic mass is 10.1. The lowest BCUT2D eigenvalue weighted by Crippen LogP contribution is -2.28. The lowest BCUT2D eigenvalue weighted by molar-refractivity contribution is -0.161. The fourth-order valence-corrected chi connectivity index (χ4v) is 3.46. The second-order valence-electron chi connectivity index (χ2n) is 8.77. The number of unbranched alkanes of at least 4 members (excludes halogenated alkanes) is 13. The van der Waals surface area contributed by atoms with Gasteiger partial charge in [-0.3, -0.25) is 9.59 Å². The molecule has 0 aliphatic rings. The Kier molecular flexibility index (Phi) is 23.3. The monoisotopic (exact) mass is 454 g/mol. The Labute approximate surface area is 197 Å². The predicted octanol–water partition coefficient (Wildman–Crippen LogP) is 7.05. The molecule has 0 bridgehead atoms. The second-order valence-corrected chi connectivity index (χ2v) is 8.77. The number of hydrogen-bond donors (Lipinski definition) is 1. The lowest BCUT2D eigenvalue weighted by Gasteiger charge is -2.15. The van der Waals surface area contributed by atoms with Gasteiger partial charge in [0, 0.05) is 12.8 Å². The van der Waals surface area contributed by atoms with E-state index in [0.29, 0.717) is 12.8 Å². The molecule has 1 atom stereocenters. The molecule has 0 radical (unpaired) electrons. The van der Waals surface area contributed by atoms with Crippen molar-refractivity contribution >= 4 is 11.9 Å². The summed E-state index contributed by atoms with van der Waals surface area (Å²) in [7, 11) is 0. The van der Waals surface area contributed by atoms with Gasteiger partial charge in [-0.2, -0.15) is 0 Å². The van der Waals surface area contributed by atoms with Crippen LogP contribution in [0.25, 0.3) is 0 Å². The van der Waals surface area contributed by atoms with Crippen LogP contribution in [0.2, 0.25) is 0 Å². The summed E-state index contributed by atoms with van der Waals surface area (Å²) in [5, 5.41) is 9.30. The van der Waals surface area contributed by atoms with E-state index < -0.39 is 6.10 Å². The highest BCUT2D eigenvalue weighted by molar-refractivity contribution is 5.70. The fourth-order valence-electron chi connectivity index (χ4n) is 3.46. The maximum atomic E-state index is 11.9. The molecule has 0 saturated carbocycles. The molecule has 0 aliphatic carbocycles. The number of aliphatic hydroxyl groups excluding tert-OH is 1. The smallest absolute Gasteiger partial charge is 0.306 e. The Bertz CT molecular complexity index is 461. The van der Waals surface area contributed by atoms with Gasteiger partial charge in [-0.05, 0) is 38.5 Å². The van der Waals surface area contributed by atoms with E-state index >= 15 is 0 Å². The molecule has 1 unspecified atom stereocenters. The molecule has 0 saturated heterocycles. The summed E-state index contributed by atoms with van der Waals surface area (Å²) in [6.07, 6.45) is 23.5. The van der Waals surface area contributed by atoms with Crippen LogP contribution in [0.15, 0.2) is 12.2 Å². The molecule has 0 spiro atoms. The average Bonchev–Trinajstić information content (AvgIpc) is 2.80. The highest BCUT2D eigenvalue weighted by Gasteiger charge is 2.15. The van der Waals surface area contributed by atoms with E-state index in [9.17, 15) is 14.7 Å². The average molecular weight is 455 g/mol. The van der Waals surface area contributed by atoms with Crippen molar-refractivity contribution in [1.82, 2.24) is 0 Å². The summed E-state index contributed by atoms with van der Waals surface area (Å²) in [6, 6.07) is 0. The largest absolute Gasteiger partial charge is 0.462 e. The van der Waals surface area contributed by atoms with Gasteiger partial charge < -0.3 is 14.6 Å². The molecule has 188 valence electrons. The predicted molar refractivity (Wildman–Crippen MR) is 132 cm³/mol. The number of allylic oxidation sites excluding steroid dienone is 2. The summed E-state index contributed by atoms with van der Waals surface area (Å²) < 4.78 is 10.3. The molecule has 5 nitrogen and oxygen atoms in total. The van der Waals surface area contributed by atoms with Crippen LogP contribution in [0.4, 0.5) is 0 Å². The first-order valence-electron chi connectivity index (χ1n) is 13.2. The van der Waals surface area contributed by atoms with Crippen molar-refractivity contribution in [3.63, 3.8) is 0 Å². The summed E-state index contributed by atoms with van der Waals surface area (Å²) in [5.41, 5.74) is 0. The minimum absolute atomic E-state index is 0.0722. The first-order chi connectivity index (χ1) is 15.6. The van der Waals surface area contributed by atoms with Crippen LogP contribution in [0.3, 0.4) is 0 Å². The van der Waals surface area contributed by atoms with E-state index in [-0.39, 0.29) is 25.2 Å². The third-order valence-corrected chi connectivity index (χ3v) is 5.56. The standard InChI is InChI=1S/C27H50O5/c1-3-5-7-8-9-10-11-12-13-14-15-16-17-18-19-20-22-27(30)32-25(23-28)24-31-26(29)21-6-4-2/h13-14,25,28H,3-12,15-24H2,1-2H3/b14-13-. The Morgan fingerprint density at radius 3 is 1.75 bits per heavy atom. The van der Waals surface area contributed by atoms with E-state index in [0.717, 1.165) is 38.5 Å². The fraction of sp³-hybridized carbons (Fsp3) is 0.852. The van der Waals surface area contributed by atoms with E-state index in [4.69, 9.17) is 9.47 Å². The quantitative estimate of drug-likeness (QED) is 0.102. The zero-order valence-electron chi connectivity index (χ0n) is 21.0. The zero-order chi connectivity index (χ0) is 23.7. The second kappa shape index (κ2) is 24.3. The van der Waals surface area contributed by atoms with Crippen LogP contribution in [0.1, 0.15) is 129 Å². The molecule has 5 heteroatoms. The van der Waals surface area contributed by atoms with Crippen molar-refractivity contribution in [1.29, 1.82) is 0 Å². The number of aliphatic hydroxyl groups is 1. The number of hydrogen-bond acceptors (Lipinski definition) is 5. The van der Waals surface area contributed by atoms with Crippen LogP contribution in [-0.2, 0) is 19.1 Å². The number of carbonyl (C=O) groups excluding carboxylic acids is 2. The van der Waals surface area contributed by atoms with Crippen molar-refractivity contribution in [3.05, 3.63) is 12.2 Å². The summed E-state index contributed by atoms with van der Waals surface area (Å²) in [5.74, 6) is -0.643. The Morgan fingerprint density at radius 2 is 1.19 bits per heavy atom. The highest BCUT2D eigenvalue weighted by atomic mass is 16.6. The molecular weight excluding hydrogens is 404 g/mol. The Balaban J connectivity index is 3.51. The molecular formula is C27H50O5. The van der Waals surface area contributed by atoms with E-state index in [1.807, 2.05) is 6.92 Å². The maximum absolute atomic E-state index is 11.9. The van der Waals surface area contributed by atoms with Crippen molar-refractivity contribution in [2.45, 2.75) is 136 Å². The van der Waals surface area contributed by atoms with Crippen molar-refractivity contribution in [2.24, 2.45) is 0 Å². The van der Waals surface area contributed by atoms with E-state index in [1.165, 1.54) is 64.2 Å². The van der Waals surface area contributed by atoms with Gasteiger partial charge in [0.15, 0.2) is 6.10 Å². The number of esters is 2. The first-order valence-corrected chi connectivity index (χ1v) is 13.2. The molecule has 0 aromatic carbocycles. The van der Waals surface area contributed by atoms with Gasteiger partial charge in [-0.25, -0.2) is 0 Å². The van der Waals surface area contributed by atoms with Gasteiger partial charge in [0.05, 0.1) is 6.61 Å². The van der Waals surface area contributed by atoms with E-state index in [2.05, 4.69) is 19.1 Å².